The van der Waals surface area contributed by atoms with E-state index >= 15 is 0 Å². The fraction of sp³-hybridized carbons (Fsp3) is 0.778. The molecule has 14 heavy (non-hydrogen) atoms. The second kappa shape index (κ2) is 3.67. The second-order valence-electron chi connectivity index (χ2n) is 3.82. The summed E-state index contributed by atoms with van der Waals surface area (Å²) in [6.45, 7) is 4.67. The van der Waals surface area contributed by atoms with Gasteiger partial charge in [0.05, 0.1) is 5.92 Å². The normalized spacial score (nSPS) is 28.5. The van der Waals surface area contributed by atoms with E-state index in [1.807, 2.05) is 0 Å². The Morgan fingerprint density at radius 2 is 2.21 bits per heavy atom. The van der Waals surface area contributed by atoms with Crippen LogP contribution in [0.15, 0.2) is 0 Å². The van der Waals surface area contributed by atoms with Crippen molar-refractivity contribution in [3.8, 4) is 0 Å². The van der Waals surface area contributed by atoms with Crippen LogP contribution in [0.5, 0.6) is 0 Å². The van der Waals surface area contributed by atoms with Crippen molar-refractivity contribution in [2.24, 2.45) is 5.92 Å². The molecule has 1 saturated heterocycles. The molecule has 2 atom stereocenters. The smallest absolute Gasteiger partial charge is 0.309 e. The molecule has 1 aliphatic heterocycles. The minimum absolute atomic E-state index is 0.0880. The van der Waals surface area contributed by atoms with E-state index < -0.39 is 23.8 Å². The Hall–Kier alpha value is -0.940. The van der Waals surface area contributed by atoms with Crippen LogP contribution in [0, 0.1) is 5.92 Å². The number of ether oxygens (including phenoxy) is 2. The van der Waals surface area contributed by atoms with Gasteiger partial charge < -0.3 is 14.6 Å². The summed E-state index contributed by atoms with van der Waals surface area (Å²) in [5, 5.41) is 8.75. The summed E-state index contributed by atoms with van der Waals surface area (Å²) in [5.74, 6) is -3.09. The van der Waals surface area contributed by atoms with E-state index in [0.29, 0.717) is 0 Å². The van der Waals surface area contributed by atoms with Crippen molar-refractivity contribution in [2.75, 3.05) is 6.61 Å². The largest absolute Gasteiger partial charge is 0.481 e. The van der Waals surface area contributed by atoms with Gasteiger partial charge in [-0.25, -0.2) is 0 Å². The molecule has 1 N–H and O–H groups in total. The third-order valence-corrected chi connectivity index (χ3v) is 2.13. The number of hydrogen-bond acceptors (Lipinski definition) is 4. The molecule has 1 fully saturated rings. The van der Waals surface area contributed by atoms with Crippen LogP contribution in [0.2, 0.25) is 0 Å². The van der Waals surface area contributed by atoms with Gasteiger partial charge in [-0.15, -0.1) is 0 Å². The van der Waals surface area contributed by atoms with Gasteiger partial charge >= 0.3 is 5.97 Å². The number of hydrogen-bond donors (Lipinski definition) is 1. The standard InChI is InChI=1S/C9H14O5/c1-5(8(11)12)7-6(10)4-13-9(2,3)14-7/h5,7H,4H2,1-3H3,(H,11,12)/t5-,7+/m1/s1. The van der Waals surface area contributed by atoms with Gasteiger partial charge in [0.15, 0.2) is 11.6 Å². The summed E-state index contributed by atoms with van der Waals surface area (Å²) in [4.78, 5) is 22.0. The third kappa shape index (κ3) is 2.30. The third-order valence-electron chi connectivity index (χ3n) is 2.13. The quantitative estimate of drug-likeness (QED) is 0.702. The lowest BCUT2D eigenvalue weighted by Crippen LogP contribution is -2.50. The van der Waals surface area contributed by atoms with Gasteiger partial charge in [-0.05, 0) is 20.8 Å². The molecule has 0 bridgehead atoms. The molecule has 0 amide bonds. The van der Waals surface area contributed by atoms with Crippen molar-refractivity contribution in [3.05, 3.63) is 0 Å². The number of rotatable bonds is 2. The lowest BCUT2D eigenvalue weighted by molar-refractivity contribution is -0.265. The summed E-state index contributed by atoms with van der Waals surface area (Å²) in [5.41, 5.74) is 0. The Kier molecular flexibility index (Phi) is 2.92. The highest BCUT2D eigenvalue weighted by Gasteiger charge is 2.40. The van der Waals surface area contributed by atoms with Gasteiger partial charge in [-0.1, -0.05) is 0 Å². The molecule has 1 rings (SSSR count). The van der Waals surface area contributed by atoms with Gasteiger partial charge in [0, 0.05) is 0 Å². The zero-order valence-corrected chi connectivity index (χ0v) is 8.44. The number of carbonyl (C=O) groups excluding carboxylic acids is 1. The fourth-order valence-corrected chi connectivity index (χ4v) is 1.24. The fourth-order valence-electron chi connectivity index (χ4n) is 1.24. The summed E-state index contributed by atoms with van der Waals surface area (Å²) >= 11 is 0. The SMILES string of the molecule is C[C@@H](C(=O)O)[C@@H]1OC(C)(C)OCC1=O. The first-order valence-electron chi connectivity index (χ1n) is 4.41. The van der Waals surface area contributed by atoms with E-state index in [0.717, 1.165) is 0 Å². The highest BCUT2D eigenvalue weighted by molar-refractivity contribution is 5.89. The monoisotopic (exact) mass is 202 g/mol. The van der Waals surface area contributed by atoms with Crippen LogP contribution in [0.3, 0.4) is 0 Å². The zero-order chi connectivity index (χ0) is 10.9. The van der Waals surface area contributed by atoms with Crippen LogP contribution >= 0.6 is 0 Å². The van der Waals surface area contributed by atoms with Gasteiger partial charge in [0.2, 0.25) is 0 Å². The predicted octanol–water partition coefficient (Wildman–Crippen LogP) is 0.428. The Bertz CT molecular complexity index is 258. The number of ketones is 1. The minimum Gasteiger partial charge on any atom is -0.481 e. The Labute approximate surface area is 82.0 Å². The summed E-state index contributed by atoms with van der Waals surface area (Å²) < 4.78 is 10.3. The van der Waals surface area contributed by atoms with E-state index in [-0.39, 0.29) is 12.4 Å². The van der Waals surface area contributed by atoms with Crippen molar-refractivity contribution in [1.82, 2.24) is 0 Å². The molecule has 0 radical (unpaired) electrons. The van der Waals surface area contributed by atoms with Crippen LogP contribution in [0.1, 0.15) is 20.8 Å². The Morgan fingerprint density at radius 3 is 2.71 bits per heavy atom. The molecule has 0 saturated carbocycles. The lowest BCUT2D eigenvalue weighted by atomic mass is 10.00. The average molecular weight is 202 g/mol. The maximum atomic E-state index is 11.3. The van der Waals surface area contributed by atoms with Crippen molar-refractivity contribution < 1.29 is 24.2 Å². The first kappa shape index (κ1) is 11.1. The van der Waals surface area contributed by atoms with Gasteiger partial charge in [-0.2, -0.15) is 0 Å². The van der Waals surface area contributed by atoms with Crippen molar-refractivity contribution in [3.63, 3.8) is 0 Å². The summed E-state index contributed by atoms with van der Waals surface area (Å²) in [7, 11) is 0. The van der Waals surface area contributed by atoms with E-state index in [4.69, 9.17) is 14.6 Å². The highest BCUT2D eigenvalue weighted by atomic mass is 16.7. The van der Waals surface area contributed by atoms with E-state index in [1.54, 1.807) is 13.8 Å². The maximum Gasteiger partial charge on any atom is 0.309 e. The summed E-state index contributed by atoms with van der Waals surface area (Å²) in [6.07, 6.45) is -0.906. The number of carboxylic acid groups (broad SMARTS) is 1. The molecule has 0 aliphatic carbocycles. The van der Waals surface area contributed by atoms with Crippen molar-refractivity contribution in [2.45, 2.75) is 32.7 Å². The lowest BCUT2D eigenvalue weighted by Gasteiger charge is -2.36. The topological polar surface area (TPSA) is 72.8 Å². The van der Waals surface area contributed by atoms with Crippen LogP contribution in [-0.4, -0.2) is 35.4 Å². The molecule has 0 aromatic heterocycles. The van der Waals surface area contributed by atoms with Gasteiger partial charge in [0.1, 0.15) is 12.7 Å². The van der Waals surface area contributed by atoms with E-state index in [1.165, 1.54) is 6.92 Å². The molecule has 1 heterocycles. The maximum absolute atomic E-state index is 11.3. The molecule has 1 aliphatic rings. The Balaban J connectivity index is 2.75. The molecule has 5 nitrogen and oxygen atoms in total. The molecule has 0 aromatic carbocycles. The minimum atomic E-state index is -1.04. The van der Waals surface area contributed by atoms with Crippen molar-refractivity contribution in [1.29, 1.82) is 0 Å². The Morgan fingerprint density at radius 1 is 1.64 bits per heavy atom. The molecular weight excluding hydrogens is 188 g/mol. The summed E-state index contributed by atoms with van der Waals surface area (Å²) in [6, 6.07) is 0. The predicted molar refractivity (Wildman–Crippen MR) is 46.7 cm³/mol. The zero-order valence-electron chi connectivity index (χ0n) is 8.44. The van der Waals surface area contributed by atoms with E-state index in [9.17, 15) is 9.59 Å². The number of Topliss-reactive ketones (excluding diaryl/α,β-unsaturated/α-hetero) is 1. The molecule has 0 unspecified atom stereocenters. The number of carboxylic acids is 1. The number of carbonyl (C=O) groups is 2. The van der Waals surface area contributed by atoms with Crippen LogP contribution in [-0.2, 0) is 19.1 Å². The molecule has 80 valence electrons. The average Bonchev–Trinajstić information content (AvgIpc) is 2.08. The molecule has 0 spiro atoms. The molecule has 0 aromatic rings. The van der Waals surface area contributed by atoms with Crippen LogP contribution < -0.4 is 0 Å². The van der Waals surface area contributed by atoms with Crippen molar-refractivity contribution >= 4 is 11.8 Å². The number of aliphatic carboxylic acids is 1. The first-order chi connectivity index (χ1) is 6.33. The van der Waals surface area contributed by atoms with Crippen LogP contribution in [0.4, 0.5) is 0 Å². The van der Waals surface area contributed by atoms with Gasteiger partial charge in [-0.3, -0.25) is 9.59 Å². The van der Waals surface area contributed by atoms with E-state index in [2.05, 4.69) is 0 Å². The second-order valence-corrected chi connectivity index (χ2v) is 3.82. The highest BCUT2D eigenvalue weighted by Crippen LogP contribution is 2.24. The molecular formula is C9H14O5. The first-order valence-corrected chi connectivity index (χ1v) is 4.41. The van der Waals surface area contributed by atoms with Gasteiger partial charge in [0.25, 0.3) is 0 Å². The molecule has 5 heteroatoms. The van der Waals surface area contributed by atoms with Crippen LogP contribution in [0.25, 0.3) is 0 Å².